The van der Waals surface area contributed by atoms with Crippen LogP contribution >= 0.6 is 11.6 Å². The monoisotopic (exact) mass is 357 g/mol. The number of esters is 1. The average molecular weight is 358 g/mol. The van der Waals surface area contributed by atoms with Gasteiger partial charge in [-0.05, 0) is 42.5 Å². The third-order valence-corrected chi connectivity index (χ3v) is 3.24. The Labute approximate surface area is 148 Å². The fourth-order valence-electron chi connectivity index (χ4n) is 1.77. The van der Waals surface area contributed by atoms with E-state index in [-0.39, 0.29) is 5.56 Å². The summed E-state index contributed by atoms with van der Waals surface area (Å²) in [5.74, 6) is -2.01. The molecule has 25 heavy (non-hydrogen) atoms. The van der Waals surface area contributed by atoms with Gasteiger partial charge in [0.25, 0.3) is 11.8 Å². The van der Waals surface area contributed by atoms with Gasteiger partial charge < -0.3 is 4.74 Å². The van der Waals surface area contributed by atoms with Gasteiger partial charge in [-0.25, -0.2) is 4.79 Å². The largest absolute Gasteiger partial charge is 0.452 e. The van der Waals surface area contributed by atoms with E-state index in [2.05, 4.69) is 10.9 Å². The van der Waals surface area contributed by atoms with Gasteiger partial charge in [0.2, 0.25) is 0 Å². The van der Waals surface area contributed by atoms with Gasteiger partial charge in [0.1, 0.15) is 0 Å². The molecule has 2 rings (SSSR count). The first kappa shape index (κ1) is 18.0. The lowest BCUT2D eigenvalue weighted by Gasteiger charge is -2.08. The number of amides is 2. The van der Waals surface area contributed by atoms with Gasteiger partial charge in [0.05, 0.1) is 17.2 Å². The highest BCUT2D eigenvalue weighted by Gasteiger charge is 2.12. The summed E-state index contributed by atoms with van der Waals surface area (Å²) in [5, 5.41) is 9.26. The summed E-state index contributed by atoms with van der Waals surface area (Å²) < 4.78 is 4.81. The molecule has 0 bridgehead atoms. The number of hydrogen-bond donors (Lipinski definition) is 2. The Bertz CT molecular complexity index is 844. The van der Waals surface area contributed by atoms with Gasteiger partial charge in [-0.2, -0.15) is 5.26 Å². The van der Waals surface area contributed by atoms with Crippen LogP contribution in [0.2, 0.25) is 5.02 Å². The Hall–Kier alpha value is -3.37. The van der Waals surface area contributed by atoms with E-state index in [9.17, 15) is 14.4 Å². The zero-order chi connectivity index (χ0) is 18.2. The first-order valence-corrected chi connectivity index (χ1v) is 7.39. The fourth-order valence-corrected chi connectivity index (χ4v) is 1.89. The van der Waals surface area contributed by atoms with Gasteiger partial charge in [0.15, 0.2) is 6.61 Å². The van der Waals surface area contributed by atoms with Crippen LogP contribution in [0.5, 0.6) is 0 Å². The second kappa shape index (κ2) is 8.47. The first-order chi connectivity index (χ1) is 12.0. The fraction of sp³-hybridized carbons (Fsp3) is 0.0588. The summed E-state index contributed by atoms with van der Waals surface area (Å²) in [5.41, 5.74) is 5.06. The van der Waals surface area contributed by atoms with E-state index >= 15 is 0 Å². The van der Waals surface area contributed by atoms with Crippen LogP contribution in [0, 0.1) is 11.3 Å². The van der Waals surface area contributed by atoms with Crippen molar-refractivity contribution >= 4 is 29.4 Å². The van der Waals surface area contributed by atoms with E-state index < -0.39 is 24.4 Å². The Morgan fingerprint density at radius 1 is 1.04 bits per heavy atom. The normalized spacial score (nSPS) is 9.60. The number of carbonyl (C=O) groups is 3. The summed E-state index contributed by atoms with van der Waals surface area (Å²) in [6.45, 7) is -0.587. The minimum Gasteiger partial charge on any atom is -0.452 e. The van der Waals surface area contributed by atoms with Gasteiger partial charge in [-0.3, -0.25) is 20.4 Å². The molecule has 0 aliphatic carbocycles. The van der Waals surface area contributed by atoms with E-state index in [0.717, 1.165) is 0 Å². The molecule has 0 saturated heterocycles. The molecule has 2 N–H and O–H groups in total. The zero-order valence-electron chi connectivity index (χ0n) is 12.8. The van der Waals surface area contributed by atoms with Crippen molar-refractivity contribution in [3.05, 3.63) is 70.2 Å². The predicted octanol–water partition coefficient (Wildman–Crippen LogP) is 1.83. The van der Waals surface area contributed by atoms with E-state index in [1.54, 1.807) is 0 Å². The second-order valence-electron chi connectivity index (χ2n) is 4.78. The molecular formula is C17H12ClN3O4. The van der Waals surface area contributed by atoms with E-state index in [1.807, 2.05) is 6.07 Å². The number of nitrogens with zero attached hydrogens (tertiary/aromatic N) is 1. The van der Waals surface area contributed by atoms with Crippen LogP contribution in [-0.2, 0) is 9.53 Å². The van der Waals surface area contributed by atoms with Crippen LogP contribution in [0.25, 0.3) is 0 Å². The molecule has 0 heterocycles. The molecule has 0 saturated carbocycles. The molecule has 7 nitrogen and oxygen atoms in total. The van der Waals surface area contributed by atoms with Crippen molar-refractivity contribution in [2.24, 2.45) is 0 Å². The lowest BCUT2D eigenvalue weighted by molar-refractivity contribution is -0.125. The lowest BCUT2D eigenvalue weighted by Crippen LogP contribution is -2.43. The molecule has 0 fully saturated rings. The van der Waals surface area contributed by atoms with Crippen molar-refractivity contribution in [3.8, 4) is 6.07 Å². The molecule has 2 aromatic rings. The van der Waals surface area contributed by atoms with Crippen LogP contribution in [0.1, 0.15) is 26.3 Å². The summed E-state index contributed by atoms with van der Waals surface area (Å²) in [4.78, 5) is 35.2. The van der Waals surface area contributed by atoms with E-state index in [1.165, 1.54) is 48.5 Å². The van der Waals surface area contributed by atoms with Crippen molar-refractivity contribution in [2.45, 2.75) is 0 Å². The highest BCUT2D eigenvalue weighted by Crippen LogP contribution is 2.09. The molecule has 0 atom stereocenters. The maximum absolute atomic E-state index is 11.8. The van der Waals surface area contributed by atoms with Crippen LogP contribution in [-0.4, -0.2) is 24.4 Å². The molecule has 2 amide bonds. The SMILES string of the molecule is N#Cc1cccc(C(=O)OCC(=O)NNC(=O)c2ccc(Cl)cc2)c1. The summed E-state index contributed by atoms with van der Waals surface area (Å²) >= 11 is 5.72. The van der Waals surface area contributed by atoms with Gasteiger partial charge in [-0.15, -0.1) is 0 Å². The highest BCUT2D eigenvalue weighted by atomic mass is 35.5. The number of halogens is 1. The smallest absolute Gasteiger partial charge is 0.338 e. The van der Waals surface area contributed by atoms with Crippen LogP contribution in [0.4, 0.5) is 0 Å². The molecule has 0 radical (unpaired) electrons. The minimum absolute atomic E-state index is 0.150. The van der Waals surface area contributed by atoms with Gasteiger partial charge in [-0.1, -0.05) is 17.7 Å². The first-order valence-electron chi connectivity index (χ1n) is 7.01. The number of hydrazine groups is 1. The van der Waals surface area contributed by atoms with Gasteiger partial charge in [0, 0.05) is 10.6 Å². The predicted molar refractivity (Wildman–Crippen MR) is 88.5 cm³/mol. The molecule has 126 valence electrons. The number of nitrogens with one attached hydrogen (secondary N) is 2. The van der Waals surface area contributed by atoms with Crippen molar-refractivity contribution in [3.63, 3.8) is 0 Å². The standard InChI is InChI=1S/C17H12ClN3O4/c18-14-6-4-12(5-7-14)16(23)21-20-15(22)10-25-17(24)13-3-1-2-11(8-13)9-19/h1-8H,10H2,(H,20,22)(H,21,23). The number of nitriles is 1. The summed E-state index contributed by atoms with van der Waals surface area (Å²) in [7, 11) is 0. The van der Waals surface area contributed by atoms with Crippen LogP contribution < -0.4 is 10.9 Å². The minimum atomic E-state index is -0.753. The lowest BCUT2D eigenvalue weighted by atomic mass is 10.1. The average Bonchev–Trinajstić information content (AvgIpc) is 2.64. The van der Waals surface area contributed by atoms with Crippen LogP contribution in [0.3, 0.4) is 0 Å². The highest BCUT2D eigenvalue weighted by molar-refractivity contribution is 6.30. The number of benzene rings is 2. The molecular weight excluding hydrogens is 346 g/mol. The van der Waals surface area contributed by atoms with E-state index in [4.69, 9.17) is 21.6 Å². The second-order valence-corrected chi connectivity index (χ2v) is 5.21. The van der Waals surface area contributed by atoms with Crippen molar-refractivity contribution in [2.75, 3.05) is 6.61 Å². The van der Waals surface area contributed by atoms with E-state index in [0.29, 0.717) is 16.1 Å². The van der Waals surface area contributed by atoms with Crippen molar-refractivity contribution < 1.29 is 19.1 Å². The summed E-state index contributed by atoms with van der Waals surface area (Å²) in [6.07, 6.45) is 0. The van der Waals surface area contributed by atoms with Crippen molar-refractivity contribution in [1.82, 2.24) is 10.9 Å². The maximum atomic E-state index is 11.8. The molecule has 0 aliphatic heterocycles. The summed E-state index contributed by atoms with van der Waals surface area (Å²) in [6, 6.07) is 13.8. The molecule has 2 aromatic carbocycles. The Balaban J connectivity index is 1.80. The third-order valence-electron chi connectivity index (χ3n) is 2.98. The number of carbonyl (C=O) groups excluding carboxylic acids is 3. The van der Waals surface area contributed by atoms with Crippen molar-refractivity contribution in [1.29, 1.82) is 5.26 Å². The Kier molecular flexibility index (Phi) is 6.09. The molecule has 8 heteroatoms. The number of rotatable bonds is 4. The molecule has 0 aromatic heterocycles. The zero-order valence-corrected chi connectivity index (χ0v) is 13.5. The Morgan fingerprint density at radius 3 is 2.44 bits per heavy atom. The third kappa shape index (κ3) is 5.34. The molecule has 0 aliphatic rings. The Morgan fingerprint density at radius 2 is 1.76 bits per heavy atom. The van der Waals surface area contributed by atoms with Crippen LogP contribution in [0.15, 0.2) is 48.5 Å². The number of hydrogen-bond acceptors (Lipinski definition) is 5. The molecule has 0 spiro atoms. The quantitative estimate of drug-likeness (QED) is 0.641. The van der Waals surface area contributed by atoms with Gasteiger partial charge >= 0.3 is 5.97 Å². The topological polar surface area (TPSA) is 108 Å². The number of ether oxygens (including phenoxy) is 1. The molecule has 0 unspecified atom stereocenters. The maximum Gasteiger partial charge on any atom is 0.338 e.